The summed E-state index contributed by atoms with van der Waals surface area (Å²) in [4.78, 5) is 40.3. The van der Waals surface area contributed by atoms with Crippen LogP contribution in [-0.2, 0) is 14.3 Å². The fourth-order valence-corrected chi connectivity index (χ4v) is 4.59. The first-order valence-corrected chi connectivity index (χ1v) is 11.1. The van der Waals surface area contributed by atoms with E-state index < -0.39 is 12.1 Å². The summed E-state index contributed by atoms with van der Waals surface area (Å²) in [5, 5.41) is 0. The molecule has 2 atom stereocenters. The number of anilines is 1. The summed E-state index contributed by atoms with van der Waals surface area (Å²) in [6.45, 7) is 0. The van der Waals surface area contributed by atoms with Crippen LogP contribution < -0.4 is 4.90 Å². The van der Waals surface area contributed by atoms with Crippen LogP contribution in [-0.4, -0.2) is 17.8 Å². The van der Waals surface area contributed by atoms with E-state index in [1.165, 1.54) is 4.90 Å². The molecule has 0 unspecified atom stereocenters. The van der Waals surface area contributed by atoms with Crippen LogP contribution in [0.2, 0.25) is 0 Å². The molecule has 0 spiro atoms. The van der Waals surface area contributed by atoms with E-state index in [1.807, 2.05) is 72.8 Å². The third-order valence-corrected chi connectivity index (χ3v) is 6.28. The van der Waals surface area contributed by atoms with E-state index in [0.29, 0.717) is 18.5 Å². The maximum atomic E-state index is 13.2. The molecule has 33 heavy (non-hydrogen) atoms. The molecule has 3 aromatic carbocycles. The lowest BCUT2D eigenvalue weighted by molar-refractivity contribution is -0.122. The lowest BCUT2D eigenvalue weighted by Crippen LogP contribution is -2.31. The van der Waals surface area contributed by atoms with Gasteiger partial charge in [-0.3, -0.25) is 14.5 Å². The molecule has 1 aliphatic carbocycles. The van der Waals surface area contributed by atoms with Gasteiger partial charge < -0.3 is 4.74 Å². The van der Waals surface area contributed by atoms with E-state index >= 15 is 0 Å². The molecule has 5 heteroatoms. The Morgan fingerprint density at radius 1 is 0.758 bits per heavy atom. The first kappa shape index (κ1) is 20.9. The molecule has 3 aromatic rings. The Bertz CT molecular complexity index is 1150. The quantitative estimate of drug-likeness (QED) is 0.317. The second kappa shape index (κ2) is 8.87. The zero-order valence-electron chi connectivity index (χ0n) is 18.0. The number of carbonyl (C=O) groups is 3. The largest absolute Gasteiger partial charge is 0.449 e. The average molecular weight is 437 g/mol. The topological polar surface area (TPSA) is 63.7 Å². The fourth-order valence-electron chi connectivity index (χ4n) is 4.59. The van der Waals surface area contributed by atoms with E-state index in [0.717, 1.165) is 11.1 Å². The number of hydrogen-bond acceptors (Lipinski definition) is 4. The van der Waals surface area contributed by atoms with Crippen molar-refractivity contribution in [3.8, 4) is 0 Å². The number of hydrogen-bond donors (Lipinski definition) is 0. The van der Waals surface area contributed by atoms with E-state index in [2.05, 4.69) is 0 Å². The van der Waals surface area contributed by atoms with Crippen LogP contribution in [0.5, 0.6) is 0 Å². The van der Waals surface area contributed by atoms with Crippen LogP contribution in [0.1, 0.15) is 40.4 Å². The van der Waals surface area contributed by atoms with Gasteiger partial charge in [0.1, 0.15) is 0 Å². The standard InChI is InChI=1S/C28H23NO4/c30-26-23-16-7-8-17-24(23)27(31)29(26)22-15-9-14-21(18-22)28(32)33-25(19-10-3-1-4-11-19)20-12-5-2-6-13-20/h1-15,18,23-25H,16-17H2/t23-,24+. The van der Waals surface area contributed by atoms with Gasteiger partial charge in [-0.25, -0.2) is 4.79 Å². The summed E-state index contributed by atoms with van der Waals surface area (Å²) < 4.78 is 5.94. The first-order valence-electron chi connectivity index (χ1n) is 11.1. The summed E-state index contributed by atoms with van der Waals surface area (Å²) in [6.07, 6.45) is 4.48. The molecule has 1 saturated heterocycles. The summed E-state index contributed by atoms with van der Waals surface area (Å²) in [7, 11) is 0. The van der Waals surface area contributed by atoms with Crippen molar-refractivity contribution >= 4 is 23.5 Å². The maximum absolute atomic E-state index is 13.2. The Labute approximate surface area is 192 Å². The molecule has 1 heterocycles. The molecule has 0 aromatic heterocycles. The number of allylic oxidation sites excluding steroid dienone is 2. The highest BCUT2D eigenvalue weighted by molar-refractivity contribution is 6.22. The number of benzene rings is 3. The predicted molar refractivity (Wildman–Crippen MR) is 124 cm³/mol. The Balaban J connectivity index is 1.42. The van der Waals surface area contributed by atoms with Crippen molar-refractivity contribution in [1.82, 2.24) is 0 Å². The SMILES string of the molecule is O=C(OC(c1ccccc1)c1ccccc1)c1cccc(N2C(=O)[C@H]3CC=CC[C@H]3C2=O)c1. The number of carbonyl (C=O) groups excluding carboxylic acids is 3. The average Bonchev–Trinajstić information content (AvgIpc) is 3.13. The van der Waals surface area contributed by atoms with Crippen LogP contribution in [0.25, 0.3) is 0 Å². The highest BCUT2D eigenvalue weighted by Crippen LogP contribution is 2.38. The second-order valence-electron chi connectivity index (χ2n) is 8.32. The number of esters is 1. The summed E-state index contributed by atoms with van der Waals surface area (Å²) in [5.41, 5.74) is 2.41. The van der Waals surface area contributed by atoms with Crippen molar-refractivity contribution in [3.63, 3.8) is 0 Å². The molecule has 0 N–H and O–H groups in total. The summed E-state index contributed by atoms with van der Waals surface area (Å²) >= 11 is 0. The van der Waals surface area contributed by atoms with Crippen LogP contribution in [0.4, 0.5) is 5.69 Å². The molecule has 164 valence electrons. The number of fused-ring (bicyclic) bond motifs is 1. The third kappa shape index (κ3) is 3.98. The van der Waals surface area contributed by atoms with E-state index in [1.54, 1.807) is 24.3 Å². The van der Waals surface area contributed by atoms with E-state index in [-0.39, 0.29) is 29.2 Å². The minimum Gasteiger partial charge on any atom is -0.449 e. The van der Waals surface area contributed by atoms with E-state index in [4.69, 9.17) is 4.74 Å². The third-order valence-electron chi connectivity index (χ3n) is 6.28. The molecule has 2 aliphatic rings. The smallest absolute Gasteiger partial charge is 0.339 e. The van der Waals surface area contributed by atoms with Gasteiger partial charge in [0, 0.05) is 0 Å². The molecule has 0 bridgehead atoms. The second-order valence-corrected chi connectivity index (χ2v) is 8.32. The minimum atomic E-state index is -0.576. The van der Waals surface area contributed by atoms with E-state index in [9.17, 15) is 14.4 Å². The number of rotatable bonds is 5. The van der Waals surface area contributed by atoms with Gasteiger partial charge in [0.25, 0.3) is 0 Å². The summed E-state index contributed by atoms with van der Waals surface area (Å²) in [6, 6.07) is 25.6. The van der Waals surface area contributed by atoms with Crippen molar-refractivity contribution in [1.29, 1.82) is 0 Å². The Morgan fingerprint density at radius 2 is 1.30 bits per heavy atom. The van der Waals surface area contributed by atoms with Gasteiger partial charge in [-0.15, -0.1) is 0 Å². The number of ether oxygens (including phenoxy) is 1. The predicted octanol–water partition coefficient (Wildman–Crippen LogP) is 5.09. The molecular weight excluding hydrogens is 414 g/mol. The van der Waals surface area contributed by atoms with Gasteiger partial charge in [-0.2, -0.15) is 0 Å². The molecule has 5 rings (SSSR count). The monoisotopic (exact) mass is 437 g/mol. The lowest BCUT2D eigenvalue weighted by atomic mass is 9.85. The lowest BCUT2D eigenvalue weighted by Gasteiger charge is -2.20. The van der Waals surface area contributed by atoms with Crippen LogP contribution in [0.15, 0.2) is 97.1 Å². The summed E-state index contributed by atoms with van der Waals surface area (Å²) in [5.74, 6) is -1.57. The van der Waals surface area contributed by atoms with Crippen molar-refractivity contribution in [2.75, 3.05) is 4.90 Å². The highest BCUT2D eigenvalue weighted by Gasteiger charge is 2.47. The zero-order valence-corrected chi connectivity index (χ0v) is 18.0. The van der Waals surface area contributed by atoms with Gasteiger partial charge in [0.2, 0.25) is 11.8 Å². The molecule has 1 fully saturated rings. The molecular formula is C28H23NO4. The van der Waals surface area contributed by atoms with Gasteiger partial charge >= 0.3 is 5.97 Å². The molecule has 0 saturated carbocycles. The van der Waals surface area contributed by atoms with Crippen molar-refractivity contribution in [2.45, 2.75) is 18.9 Å². The molecule has 2 amide bonds. The van der Waals surface area contributed by atoms with Crippen LogP contribution in [0, 0.1) is 11.8 Å². The maximum Gasteiger partial charge on any atom is 0.339 e. The fraction of sp³-hybridized carbons (Fsp3) is 0.179. The zero-order chi connectivity index (χ0) is 22.8. The normalized spacial score (nSPS) is 19.6. The van der Waals surface area contributed by atoms with Crippen LogP contribution >= 0.6 is 0 Å². The Kier molecular flexibility index (Phi) is 5.61. The molecule has 1 aliphatic heterocycles. The van der Waals surface area contributed by atoms with Gasteiger partial charge in [-0.05, 0) is 42.2 Å². The highest BCUT2D eigenvalue weighted by atomic mass is 16.5. The first-order chi connectivity index (χ1) is 16.1. The molecule has 5 nitrogen and oxygen atoms in total. The Hall–Kier alpha value is -3.99. The molecule has 0 radical (unpaired) electrons. The number of imide groups is 1. The van der Waals surface area contributed by atoms with Crippen LogP contribution in [0.3, 0.4) is 0 Å². The van der Waals surface area contributed by atoms with Gasteiger partial charge in [-0.1, -0.05) is 78.9 Å². The minimum absolute atomic E-state index is 0.202. The number of amides is 2. The van der Waals surface area contributed by atoms with Gasteiger partial charge in [0.15, 0.2) is 6.10 Å². The van der Waals surface area contributed by atoms with Gasteiger partial charge in [0.05, 0.1) is 23.1 Å². The Morgan fingerprint density at radius 3 is 1.85 bits per heavy atom. The van der Waals surface area contributed by atoms with Crippen molar-refractivity contribution in [3.05, 3.63) is 114 Å². The van der Waals surface area contributed by atoms with Crippen molar-refractivity contribution in [2.24, 2.45) is 11.8 Å². The number of nitrogens with zero attached hydrogens (tertiary/aromatic N) is 1. The van der Waals surface area contributed by atoms with Crippen molar-refractivity contribution < 1.29 is 19.1 Å².